The van der Waals surface area contributed by atoms with E-state index in [1.165, 1.54) is 14.2 Å². The first-order valence-corrected chi connectivity index (χ1v) is 5.85. The molecule has 0 unspecified atom stereocenters. The maximum atomic E-state index is 10.9. The van der Waals surface area contributed by atoms with Crippen LogP contribution in [0.25, 0.3) is 0 Å². The predicted molar refractivity (Wildman–Crippen MR) is 71.5 cm³/mol. The summed E-state index contributed by atoms with van der Waals surface area (Å²) in [5.74, 6) is -3.00. The van der Waals surface area contributed by atoms with E-state index in [0.29, 0.717) is 0 Å². The van der Waals surface area contributed by atoms with Crippen molar-refractivity contribution in [2.75, 3.05) is 14.2 Å². The van der Waals surface area contributed by atoms with Crippen LogP contribution in [0.15, 0.2) is 12.1 Å². The minimum Gasteiger partial charge on any atom is -0.493 e. The van der Waals surface area contributed by atoms with E-state index in [4.69, 9.17) is 19.7 Å². The number of methoxy groups -OCH3 is 2. The summed E-state index contributed by atoms with van der Waals surface area (Å²) in [6, 6.07) is 2.07. The molecule has 9 nitrogen and oxygen atoms in total. The molecule has 0 saturated heterocycles. The van der Waals surface area contributed by atoms with Crippen LogP contribution < -0.4 is 9.47 Å². The molecule has 1 rings (SSSR count). The van der Waals surface area contributed by atoms with Crippen molar-refractivity contribution < 1.29 is 47.4 Å². The molecule has 0 aliphatic heterocycles. The van der Waals surface area contributed by atoms with E-state index >= 15 is 0 Å². The lowest BCUT2D eigenvalue weighted by Crippen LogP contribution is -2.13. The number of aliphatic carboxylic acids is 1. The van der Waals surface area contributed by atoms with Crippen LogP contribution in [0, 0.1) is 10.1 Å². The topological polar surface area (TPSA) is 136 Å². The van der Waals surface area contributed by atoms with Crippen molar-refractivity contribution in [1.82, 2.24) is 0 Å². The minimum atomic E-state index is -4.58. The molecule has 0 atom stereocenters. The fraction of sp³-hybridized carbons (Fsp3) is 0.333. The van der Waals surface area contributed by atoms with Crippen molar-refractivity contribution in [3.05, 3.63) is 27.8 Å². The largest absolute Gasteiger partial charge is 0.493 e. The summed E-state index contributed by atoms with van der Waals surface area (Å²) >= 11 is 0. The molecular formula is C12H12F3NO8. The van der Waals surface area contributed by atoms with Crippen LogP contribution >= 0.6 is 0 Å². The summed E-state index contributed by atoms with van der Waals surface area (Å²) in [5.41, 5.74) is -0.979. The number of hydrogen-bond donors (Lipinski definition) is 2. The van der Waals surface area contributed by atoms with E-state index in [1.807, 2.05) is 0 Å². The number of nitro groups is 1. The van der Waals surface area contributed by atoms with E-state index < -0.39 is 40.7 Å². The Kier molecular flexibility index (Phi) is 7.46. The van der Waals surface area contributed by atoms with Gasteiger partial charge in [-0.05, 0) is 0 Å². The second-order valence-electron chi connectivity index (χ2n) is 3.97. The molecule has 1 aromatic rings. The summed E-state index contributed by atoms with van der Waals surface area (Å²) in [5, 5.41) is 27.0. The second kappa shape index (κ2) is 8.55. The van der Waals surface area contributed by atoms with E-state index in [1.54, 1.807) is 0 Å². The number of alkyl halides is 3. The van der Waals surface area contributed by atoms with Gasteiger partial charge in [-0.3, -0.25) is 14.9 Å². The van der Waals surface area contributed by atoms with Gasteiger partial charge >= 0.3 is 18.1 Å². The lowest BCUT2D eigenvalue weighted by atomic mass is 10.1. The van der Waals surface area contributed by atoms with Gasteiger partial charge in [-0.1, -0.05) is 0 Å². The molecule has 2 N–H and O–H groups in total. The molecule has 134 valence electrons. The molecule has 0 bridgehead atoms. The Labute approximate surface area is 132 Å². The Balaban J connectivity index is 0.000000561. The van der Waals surface area contributed by atoms with Crippen molar-refractivity contribution in [2.45, 2.75) is 12.6 Å². The van der Waals surface area contributed by atoms with Gasteiger partial charge in [-0.15, -0.1) is 0 Å². The third-order valence-electron chi connectivity index (χ3n) is 2.28. The average molecular weight is 355 g/mol. The highest BCUT2D eigenvalue weighted by Crippen LogP contribution is 2.34. The SMILES string of the molecule is COc1cc(C(=O)O)c([N+](=O)[O-])cc1OC.O=C(O)CC(F)(F)F. The lowest BCUT2D eigenvalue weighted by molar-refractivity contribution is -0.385. The Hall–Kier alpha value is -3.05. The molecule has 0 spiro atoms. The van der Waals surface area contributed by atoms with Gasteiger partial charge in [0, 0.05) is 6.07 Å². The van der Waals surface area contributed by atoms with Crippen molar-refractivity contribution >= 4 is 17.6 Å². The summed E-state index contributed by atoms with van der Waals surface area (Å²) in [6.07, 6.45) is -6.33. The fourth-order valence-electron chi connectivity index (χ4n) is 1.36. The molecule has 0 saturated carbocycles. The van der Waals surface area contributed by atoms with Gasteiger partial charge in [0.2, 0.25) is 0 Å². The normalized spacial score (nSPS) is 10.2. The van der Waals surface area contributed by atoms with Gasteiger partial charge in [0.1, 0.15) is 12.0 Å². The van der Waals surface area contributed by atoms with Crippen LogP contribution in [0.1, 0.15) is 16.8 Å². The zero-order valence-corrected chi connectivity index (χ0v) is 12.3. The third-order valence-corrected chi connectivity index (χ3v) is 2.28. The van der Waals surface area contributed by atoms with E-state index in [0.717, 1.165) is 12.1 Å². The molecule has 0 radical (unpaired) electrons. The average Bonchev–Trinajstić information content (AvgIpc) is 2.43. The van der Waals surface area contributed by atoms with Gasteiger partial charge < -0.3 is 19.7 Å². The van der Waals surface area contributed by atoms with Crippen LogP contribution in [-0.2, 0) is 4.79 Å². The number of carboxylic acids is 2. The Morgan fingerprint density at radius 2 is 1.62 bits per heavy atom. The quantitative estimate of drug-likeness (QED) is 0.606. The van der Waals surface area contributed by atoms with E-state index in [2.05, 4.69) is 0 Å². The van der Waals surface area contributed by atoms with Gasteiger partial charge in [-0.2, -0.15) is 13.2 Å². The molecule has 0 aliphatic carbocycles. The Bertz CT molecular complexity index is 588. The van der Waals surface area contributed by atoms with Crippen molar-refractivity contribution in [1.29, 1.82) is 0 Å². The Morgan fingerprint density at radius 3 is 1.88 bits per heavy atom. The molecule has 1 aromatic carbocycles. The first-order valence-electron chi connectivity index (χ1n) is 5.85. The van der Waals surface area contributed by atoms with Crippen LogP contribution in [-0.4, -0.2) is 47.5 Å². The van der Waals surface area contributed by atoms with E-state index in [9.17, 15) is 32.9 Å². The minimum absolute atomic E-state index is 0.110. The fourth-order valence-corrected chi connectivity index (χ4v) is 1.36. The molecule has 24 heavy (non-hydrogen) atoms. The molecule has 0 heterocycles. The number of aromatic carboxylic acids is 1. The first-order chi connectivity index (χ1) is 10.9. The summed E-state index contributed by atoms with van der Waals surface area (Å²) in [6.45, 7) is 0. The lowest BCUT2D eigenvalue weighted by Gasteiger charge is -2.08. The number of rotatable bonds is 5. The summed E-state index contributed by atoms with van der Waals surface area (Å²) in [7, 11) is 2.62. The van der Waals surface area contributed by atoms with Crippen LogP contribution in [0.2, 0.25) is 0 Å². The molecular weight excluding hydrogens is 343 g/mol. The standard InChI is InChI=1S/C9H9NO6.C3H3F3O2/c1-15-7-3-5(9(11)12)6(10(13)14)4-8(7)16-2;4-3(5,6)1-2(7)8/h3-4H,1-2H3,(H,11,12);1H2,(H,7,8). The van der Waals surface area contributed by atoms with Crippen molar-refractivity contribution in [3.8, 4) is 11.5 Å². The highest BCUT2D eigenvalue weighted by Gasteiger charge is 2.30. The number of nitro benzene ring substituents is 1. The number of hydrogen-bond acceptors (Lipinski definition) is 6. The van der Waals surface area contributed by atoms with Gasteiger partial charge in [0.05, 0.1) is 25.2 Å². The zero-order valence-electron chi connectivity index (χ0n) is 12.3. The Morgan fingerprint density at radius 1 is 1.17 bits per heavy atom. The summed E-state index contributed by atoms with van der Waals surface area (Å²) < 4.78 is 42.5. The summed E-state index contributed by atoms with van der Waals surface area (Å²) in [4.78, 5) is 29.9. The van der Waals surface area contributed by atoms with Gasteiger partial charge in [-0.25, -0.2) is 4.79 Å². The maximum Gasteiger partial charge on any atom is 0.399 e. The molecule has 12 heteroatoms. The van der Waals surface area contributed by atoms with Crippen LogP contribution in [0.3, 0.4) is 0 Å². The second-order valence-corrected chi connectivity index (χ2v) is 3.97. The van der Waals surface area contributed by atoms with Gasteiger partial charge in [0.15, 0.2) is 11.5 Å². The number of nitrogens with zero attached hydrogens (tertiary/aromatic N) is 1. The molecule has 0 amide bonds. The number of carbonyl (C=O) groups is 2. The number of halogens is 3. The number of carboxylic acid groups (broad SMARTS) is 2. The van der Waals surface area contributed by atoms with Crippen molar-refractivity contribution in [3.63, 3.8) is 0 Å². The predicted octanol–water partition coefficient (Wildman–Crippen LogP) is 2.33. The highest BCUT2D eigenvalue weighted by atomic mass is 19.4. The number of ether oxygens (including phenoxy) is 2. The molecule has 0 fully saturated rings. The smallest absolute Gasteiger partial charge is 0.399 e. The van der Waals surface area contributed by atoms with Gasteiger partial charge in [0.25, 0.3) is 5.69 Å². The monoisotopic (exact) mass is 355 g/mol. The number of benzene rings is 1. The molecule has 0 aliphatic rings. The zero-order chi connectivity index (χ0) is 19.1. The molecule has 0 aromatic heterocycles. The maximum absolute atomic E-state index is 10.9. The first kappa shape index (κ1) is 20.9. The van der Waals surface area contributed by atoms with Crippen LogP contribution in [0.5, 0.6) is 11.5 Å². The van der Waals surface area contributed by atoms with Crippen LogP contribution in [0.4, 0.5) is 18.9 Å². The third kappa shape index (κ3) is 6.81. The van der Waals surface area contributed by atoms with E-state index in [-0.39, 0.29) is 11.5 Å². The highest BCUT2D eigenvalue weighted by molar-refractivity contribution is 5.93. The van der Waals surface area contributed by atoms with Crippen molar-refractivity contribution in [2.24, 2.45) is 0 Å².